The van der Waals surface area contributed by atoms with Crippen molar-refractivity contribution in [2.24, 2.45) is 0 Å². The zero-order chi connectivity index (χ0) is 17.8. The van der Waals surface area contributed by atoms with Crippen LogP contribution in [-0.4, -0.2) is 25.8 Å². The van der Waals surface area contributed by atoms with Crippen molar-refractivity contribution in [3.8, 4) is 11.5 Å². The summed E-state index contributed by atoms with van der Waals surface area (Å²) in [6.07, 6.45) is 3.49. The van der Waals surface area contributed by atoms with Gasteiger partial charge in [-0.25, -0.2) is 19.3 Å². The number of nitrogens with zero attached hydrogens (tertiary/aromatic N) is 3. The molecule has 0 aliphatic rings. The van der Waals surface area contributed by atoms with E-state index in [2.05, 4.69) is 25.3 Å². The number of hydrogen-bond acceptors (Lipinski definition) is 6. The Kier molecular flexibility index (Phi) is 4.46. The van der Waals surface area contributed by atoms with Crippen LogP contribution in [0.2, 0.25) is 0 Å². The standard InChI is InChI=1S/C16H12FN5O3/c1-9-4-11(25-13-7-18-8-20-16(13)24)5-12(21-9)15(23)22-14-3-2-10(17)6-19-14/h2-8H,1H3,(H,18,20,24)(H,19,22,23). The number of rotatable bonds is 4. The zero-order valence-electron chi connectivity index (χ0n) is 13.0. The van der Waals surface area contributed by atoms with Gasteiger partial charge in [-0.1, -0.05) is 0 Å². The van der Waals surface area contributed by atoms with E-state index in [0.29, 0.717) is 5.69 Å². The second-order valence-corrected chi connectivity index (χ2v) is 4.99. The molecule has 3 aromatic heterocycles. The van der Waals surface area contributed by atoms with Gasteiger partial charge in [-0.05, 0) is 19.1 Å². The molecule has 9 heteroatoms. The Morgan fingerprint density at radius 3 is 2.84 bits per heavy atom. The summed E-state index contributed by atoms with van der Waals surface area (Å²) in [5, 5.41) is 2.50. The van der Waals surface area contributed by atoms with Crippen molar-refractivity contribution >= 4 is 11.7 Å². The lowest BCUT2D eigenvalue weighted by Crippen LogP contribution is -2.15. The molecule has 0 saturated heterocycles. The lowest BCUT2D eigenvalue weighted by molar-refractivity contribution is 0.102. The number of halogens is 1. The molecule has 0 fully saturated rings. The third-order valence-corrected chi connectivity index (χ3v) is 3.04. The Balaban J connectivity index is 1.83. The molecule has 0 aromatic carbocycles. The van der Waals surface area contributed by atoms with Gasteiger partial charge in [-0.3, -0.25) is 9.59 Å². The van der Waals surface area contributed by atoms with Gasteiger partial charge in [-0.2, -0.15) is 0 Å². The van der Waals surface area contributed by atoms with Crippen LogP contribution < -0.4 is 15.6 Å². The number of aryl methyl sites for hydroxylation is 1. The molecule has 3 aromatic rings. The summed E-state index contributed by atoms with van der Waals surface area (Å²) in [6, 6.07) is 5.45. The average molecular weight is 341 g/mol. The minimum Gasteiger partial charge on any atom is -0.450 e. The van der Waals surface area contributed by atoms with Crippen LogP contribution in [0, 0.1) is 12.7 Å². The molecule has 0 saturated carbocycles. The van der Waals surface area contributed by atoms with Crippen molar-refractivity contribution in [1.82, 2.24) is 19.9 Å². The van der Waals surface area contributed by atoms with Crippen molar-refractivity contribution in [1.29, 1.82) is 0 Å². The van der Waals surface area contributed by atoms with E-state index in [4.69, 9.17) is 4.74 Å². The maximum atomic E-state index is 12.9. The molecule has 25 heavy (non-hydrogen) atoms. The molecule has 0 radical (unpaired) electrons. The number of ether oxygens (including phenoxy) is 1. The van der Waals surface area contributed by atoms with Crippen LogP contribution >= 0.6 is 0 Å². The van der Waals surface area contributed by atoms with Gasteiger partial charge in [0, 0.05) is 17.8 Å². The molecule has 0 aliphatic carbocycles. The smallest absolute Gasteiger partial charge is 0.293 e. The molecule has 0 unspecified atom stereocenters. The van der Waals surface area contributed by atoms with Gasteiger partial charge < -0.3 is 15.0 Å². The molecule has 2 N–H and O–H groups in total. The highest BCUT2D eigenvalue weighted by atomic mass is 19.1. The van der Waals surface area contributed by atoms with Gasteiger partial charge in [0.1, 0.15) is 23.1 Å². The summed E-state index contributed by atoms with van der Waals surface area (Å²) in [6.45, 7) is 1.67. The summed E-state index contributed by atoms with van der Waals surface area (Å²) < 4.78 is 18.3. The molecule has 0 bridgehead atoms. The largest absolute Gasteiger partial charge is 0.450 e. The summed E-state index contributed by atoms with van der Waals surface area (Å²) in [7, 11) is 0. The van der Waals surface area contributed by atoms with Crippen LogP contribution in [0.3, 0.4) is 0 Å². The van der Waals surface area contributed by atoms with Crippen molar-refractivity contribution in [2.75, 3.05) is 5.32 Å². The monoisotopic (exact) mass is 341 g/mol. The molecular weight excluding hydrogens is 329 g/mol. The minimum absolute atomic E-state index is 0.0142. The Morgan fingerprint density at radius 1 is 1.28 bits per heavy atom. The molecule has 3 heterocycles. The minimum atomic E-state index is -0.548. The Hall–Kier alpha value is -3.62. The molecule has 3 rings (SSSR count). The maximum absolute atomic E-state index is 12.9. The van der Waals surface area contributed by atoms with Gasteiger partial charge in [0.2, 0.25) is 5.75 Å². The lowest BCUT2D eigenvalue weighted by Gasteiger charge is -2.08. The van der Waals surface area contributed by atoms with E-state index in [1.165, 1.54) is 30.7 Å². The van der Waals surface area contributed by atoms with E-state index in [0.717, 1.165) is 6.20 Å². The first-order chi connectivity index (χ1) is 12.0. The number of pyridine rings is 2. The summed E-state index contributed by atoms with van der Waals surface area (Å²) in [5.74, 6) is -0.638. The fourth-order valence-electron chi connectivity index (χ4n) is 1.97. The number of aromatic nitrogens is 4. The van der Waals surface area contributed by atoms with Gasteiger partial charge in [-0.15, -0.1) is 0 Å². The van der Waals surface area contributed by atoms with Crippen LogP contribution in [0.4, 0.5) is 10.2 Å². The van der Waals surface area contributed by atoms with E-state index < -0.39 is 17.3 Å². The highest BCUT2D eigenvalue weighted by Gasteiger charge is 2.12. The predicted molar refractivity (Wildman–Crippen MR) is 86.1 cm³/mol. The number of amides is 1. The average Bonchev–Trinajstić information content (AvgIpc) is 2.58. The fourth-order valence-corrected chi connectivity index (χ4v) is 1.97. The fraction of sp³-hybridized carbons (Fsp3) is 0.0625. The summed E-state index contributed by atoms with van der Waals surface area (Å²) in [5.41, 5.74) is 0.113. The number of carbonyl (C=O) groups is 1. The Labute approximate surface area is 140 Å². The molecule has 126 valence electrons. The molecular formula is C16H12FN5O3. The topological polar surface area (TPSA) is 110 Å². The third-order valence-electron chi connectivity index (χ3n) is 3.04. The normalized spacial score (nSPS) is 10.3. The summed E-state index contributed by atoms with van der Waals surface area (Å²) in [4.78, 5) is 37.9. The van der Waals surface area contributed by atoms with Crippen LogP contribution in [0.5, 0.6) is 11.5 Å². The van der Waals surface area contributed by atoms with E-state index in [9.17, 15) is 14.0 Å². The summed E-state index contributed by atoms with van der Waals surface area (Å²) >= 11 is 0. The molecule has 1 amide bonds. The second kappa shape index (κ2) is 6.87. The van der Waals surface area contributed by atoms with Crippen molar-refractivity contribution in [3.63, 3.8) is 0 Å². The number of anilines is 1. The first kappa shape index (κ1) is 16.2. The van der Waals surface area contributed by atoms with Crippen molar-refractivity contribution in [3.05, 3.63) is 70.5 Å². The van der Waals surface area contributed by atoms with Crippen LogP contribution in [0.1, 0.15) is 16.2 Å². The molecule has 0 aliphatic heterocycles. The highest BCUT2D eigenvalue weighted by Crippen LogP contribution is 2.20. The van der Waals surface area contributed by atoms with Crippen molar-refractivity contribution in [2.45, 2.75) is 6.92 Å². The number of H-pyrrole nitrogens is 1. The van der Waals surface area contributed by atoms with Gasteiger partial charge in [0.15, 0.2) is 0 Å². The number of hydrogen-bond donors (Lipinski definition) is 2. The SMILES string of the molecule is Cc1cc(Oc2cnc[nH]c2=O)cc(C(=O)Nc2ccc(F)cn2)n1. The maximum Gasteiger partial charge on any atom is 0.293 e. The zero-order valence-corrected chi connectivity index (χ0v) is 13.0. The quantitative estimate of drug-likeness (QED) is 0.751. The van der Waals surface area contributed by atoms with E-state index in [1.54, 1.807) is 13.0 Å². The van der Waals surface area contributed by atoms with Gasteiger partial charge in [0.25, 0.3) is 11.5 Å². The van der Waals surface area contributed by atoms with E-state index in [1.807, 2.05) is 0 Å². The first-order valence-electron chi connectivity index (χ1n) is 7.13. The molecule has 0 atom stereocenters. The van der Waals surface area contributed by atoms with E-state index in [-0.39, 0.29) is 23.0 Å². The predicted octanol–water partition coefficient (Wildman–Crippen LogP) is 2.05. The van der Waals surface area contributed by atoms with E-state index >= 15 is 0 Å². The Bertz CT molecular complexity index is 972. The van der Waals surface area contributed by atoms with Crippen LogP contribution in [-0.2, 0) is 0 Å². The highest BCUT2D eigenvalue weighted by molar-refractivity contribution is 6.02. The Morgan fingerprint density at radius 2 is 2.12 bits per heavy atom. The first-order valence-corrected chi connectivity index (χ1v) is 7.13. The molecule has 0 spiro atoms. The third kappa shape index (κ3) is 4.02. The second-order valence-electron chi connectivity index (χ2n) is 4.99. The number of carbonyl (C=O) groups excluding carboxylic acids is 1. The lowest BCUT2D eigenvalue weighted by atomic mass is 10.2. The number of nitrogens with one attached hydrogen (secondary N) is 2. The van der Waals surface area contributed by atoms with Crippen molar-refractivity contribution < 1.29 is 13.9 Å². The van der Waals surface area contributed by atoms with Crippen LogP contribution in [0.25, 0.3) is 0 Å². The molecule has 8 nitrogen and oxygen atoms in total. The van der Waals surface area contributed by atoms with Crippen LogP contribution in [0.15, 0.2) is 47.8 Å². The van der Waals surface area contributed by atoms with Gasteiger partial charge in [0.05, 0.1) is 18.7 Å². The number of aromatic amines is 1. The van der Waals surface area contributed by atoms with Gasteiger partial charge >= 0.3 is 0 Å².